The van der Waals surface area contributed by atoms with Crippen molar-refractivity contribution in [3.05, 3.63) is 29.3 Å². The number of nitrogens with one attached hydrogen (secondary N) is 1. The first kappa shape index (κ1) is 13.0. The number of carbonyl (C=O) groups is 2. The number of amides is 1. The van der Waals surface area contributed by atoms with Gasteiger partial charge in [-0.05, 0) is 38.3 Å². The van der Waals surface area contributed by atoms with Crippen LogP contribution in [0.4, 0.5) is 5.69 Å². The van der Waals surface area contributed by atoms with Gasteiger partial charge in [0, 0.05) is 11.3 Å². The van der Waals surface area contributed by atoms with Gasteiger partial charge >= 0.3 is 5.97 Å². The van der Waals surface area contributed by atoms with Crippen LogP contribution in [-0.2, 0) is 14.3 Å². The fraction of sp³-hybridized carbons (Fsp3) is 0.385. The van der Waals surface area contributed by atoms with E-state index in [0.717, 1.165) is 11.3 Å². The average molecular weight is 265 g/mol. The van der Waals surface area contributed by atoms with Gasteiger partial charge < -0.3 is 10.1 Å². The lowest BCUT2D eigenvalue weighted by Gasteiger charge is -2.19. The molecule has 4 nitrogen and oxygen atoms in total. The lowest BCUT2D eigenvalue weighted by Crippen LogP contribution is -2.26. The highest BCUT2D eigenvalue weighted by molar-refractivity contribution is 8.00. The Hall–Kier alpha value is -1.49. The maximum Gasteiger partial charge on any atom is 0.338 e. The Morgan fingerprint density at radius 2 is 2.22 bits per heavy atom. The van der Waals surface area contributed by atoms with E-state index >= 15 is 0 Å². The molecule has 1 aromatic rings. The minimum absolute atomic E-state index is 0.0500. The van der Waals surface area contributed by atoms with Gasteiger partial charge in [0.15, 0.2) is 0 Å². The molecule has 96 valence electrons. The molecule has 1 unspecified atom stereocenters. The molecule has 0 saturated carbocycles. The average Bonchev–Trinajstić information content (AvgIpc) is 2.62. The molecule has 1 N–H and O–H groups in total. The summed E-state index contributed by atoms with van der Waals surface area (Å²) in [6.45, 7) is 3.96. The van der Waals surface area contributed by atoms with E-state index < -0.39 is 4.75 Å². The molecule has 5 heteroatoms. The van der Waals surface area contributed by atoms with Crippen LogP contribution in [0.2, 0.25) is 0 Å². The smallest absolute Gasteiger partial charge is 0.338 e. The maximum atomic E-state index is 11.9. The molecule has 0 fully saturated rings. The lowest BCUT2D eigenvalue weighted by atomic mass is 9.99. The summed E-state index contributed by atoms with van der Waals surface area (Å²) in [5.74, 6) is -0.408. The molecule has 1 aromatic carbocycles. The van der Waals surface area contributed by atoms with Crippen molar-refractivity contribution in [2.45, 2.75) is 18.6 Å². The van der Waals surface area contributed by atoms with Crippen molar-refractivity contribution in [2.24, 2.45) is 0 Å². The first-order valence-electron chi connectivity index (χ1n) is 5.71. The summed E-state index contributed by atoms with van der Waals surface area (Å²) in [6, 6.07) is 5.16. The van der Waals surface area contributed by atoms with E-state index in [2.05, 4.69) is 5.32 Å². The summed E-state index contributed by atoms with van der Waals surface area (Å²) < 4.78 is 4.32. The molecule has 1 atom stereocenters. The van der Waals surface area contributed by atoms with Gasteiger partial charge in [-0.1, -0.05) is 0 Å². The van der Waals surface area contributed by atoms with Gasteiger partial charge in [0.1, 0.15) is 4.75 Å². The molecule has 0 bridgehead atoms. The van der Waals surface area contributed by atoms with Crippen LogP contribution in [0.15, 0.2) is 18.2 Å². The van der Waals surface area contributed by atoms with Crippen molar-refractivity contribution < 1.29 is 14.3 Å². The fourth-order valence-electron chi connectivity index (χ4n) is 1.96. The number of thioether (sulfide) groups is 1. The van der Waals surface area contributed by atoms with Crippen molar-refractivity contribution in [3.8, 4) is 0 Å². The summed E-state index contributed by atoms with van der Waals surface area (Å²) in [6.07, 6.45) is 1.88. The highest BCUT2D eigenvalue weighted by Gasteiger charge is 2.42. The molecular weight excluding hydrogens is 250 g/mol. The van der Waals surface area contributed by atoms with Crippen LogP contribution >= 0.6 is 11.8 Å². The fourth-order valence-corrected chi connectivity index (χ4v) is 2.58. The summed E-state index contributed by atoms with van der Waals surface area (Å²) in [4.78, 5) is 23.6. The van der Waals surface area contributed by atoms with Crippen LogP contribution in [0.25, 0.3) is 0 Å². The number of hydrogen-bond donors (Lipinski definition) is 1. The molecule has 1 amide bonds. The number of anilines is 1. The third-order valence-corrected chi connectivity index (χ3v) is 4.36. The van der Waals surface area contributed by atoms with Gasteiger partial charge in [-0.15, -0.1) is 11.8 Å². The number of rotatable bonds is 3. The monoisotopic (exact) mass is 265 g/mol. The standard InChI is InChI=1S/C13H15NO3S/c1-4-17-11(15)8-5-6-10-9(7-8)13(2,18-3)12(16)14-10/h5-7H,4H2,1-3H3,(H,14,16). The number of carbonyl (C=O) groups excluding carboxylic acids is 2. The summed E-state index contributed by atoms with van der Waals surface area (Å²) in [5.41, 5.74) is 2.09. The molecule has 2 rings (SSSR count). The SMILES string of the molecule is CCOC(=O)c1ccc2c(c1)C(C)(SC)C(=O)N2. The van der Waals surface area contributed by atoms with Crippen LogP contribution in [0.3, 0.4) is 0 Å². The van der Waals surface area contributed by atoms with Crippen LogP contribution in [0, 0.1) is 0 Å². The second-order valence-corrected chi connectivity index (χ2v) is 5.40. The molecule has 18 heavy (non-hydrogen) atoms. The van der Waals surface area contributed by atoms with Crippen molar-refractivity contribution in [1.82, 2.24) is 0 Å². The van der Waals surface area contributed by atoms with Gasteiger partial charge in [-0.2, -0.15) is 0 Å². The number of ether oxygens (including phenoxy) is 1. The Morgan fingerprint density at radius 3 is 2.83 bits per heavy atom. The Bertz CT molecular complexity index is 515. The second-order valence-electron chi connectivity index (χ2n) is 4.17. The summed E-state index contributed by atoms with van der Waals surface area (Å²) in [5, 5.41) is 2.83. The van der Waals surface area contributed by atoms with Crippen molar-refractivity contribution in [3.63, 3.8) is 0 Å². The van der Waals surface area contributed by atoms with E-state index in [9.17, 15) is 9.59 Å². The molecule has 1 heterocycles. The second kappa shape index (κ2) is 4.65. The Balaban J connectivity index is 2.44. The Kier molecular flexibility index (Phi) is 3.34. The topological polar surface area (TPSA) is 55.4 Å². The van der Waals surface area contributed by atoms with E-state index in [1.54, 1.807) is 25.1 Å². The van der Waals surface area contributed by atoms with Crippen LogP contribution in [0.5, 0.6) is 0 Å². The summed E-state index contributed by atoms with van der Waals surface area (Å²) >= 11 is 1.46. The zero-order valence-corrected chi connectivity index (χ0v) is 11.4. The quantitative estimate of drug-likeness (QED) is 0.853. The summed E-state index contributed by atoms with van der Waals surface area (Å²) in [7, 11) is 0. The minimum atomic E-state index is -0.641. The number of hydrogen-bond acceptors (Lipinski definition) is 4. The molecule has 0 aromatic heterocycles. The van der Waals surface area contributed by atoms with Gasteiger partial charge in [0.25, 0.3) is 0 Å². The van der Waals surface area contributed by atoms with E-state index in [-0.39, 0.29) is 11.9 Å². The predicted octanol–water partition coefficient (Wildman–Crippen LogP) is 2.39. The molecule has 1 aliphatic rings. The number of fused-ring (bicyclic) bond motifs is 1. The Morgan fingerprint density at radius 1 is 1.50 bits per heavy atom. The molecule has 0 saturated heterocycles. The molecular formula is C13H15NO3S. The third kappa shape index (κ3) is 1.88. The van der Waals surface area contributed by atoms with Crippen molar-refractivity contribution in [2.75, 3.05) is 18.2 Å². The Labute approximate surface area is 110 Å². The van der Waals surface area contributed by atoms with Crippen molar-refractivity contribution >= 4 is 29.3 Å². The highest BCUT2D eigenvalue weighted by Crippen LogP contribution is 2.44. The van der Waals surface area contributed by atoms with Gasteiger partial charge in [-0.25, -0.2) is 4.79 Å². The minimum Gasteiger partial charge on any atom is -0.462 e. The zero-order chi connectivity index (χ0) is 13.3. The van der Waals surface area contributed by atoms with E-state index in [1.807, 2.05) is 13.2 Å². The van der Waals surface area contributed by atoms with E-state index in [0.29, 0.717) is 12.2 Å². The highest BCUT2D eigenvalue weighted by atomic mass is 32.2. The van der Waals surface area contributed by atoms with E-state index in [4.69, 9.17) is 4.74 Å². The molecule has 1 aliphatic heterocycles. The largest absolute Gasteiger partial charge is 0.462 e. The first-order valence-corrected chi connectivity index (χ1v) is 6.93. The van der Waals surface area contributed by atoms with Gasteiger partial charge in [0.05, 0.1) is 12.2 Å². The van der Waals surface area contributed by atoms with Crippen LogP contribution in [0.1, 0.15) is 29.8 Å². The van der Waals surface area contributed by atoms with Crippen LogP contribution < -0.4 is 5.32 Å². The normalized spacial score (nSPS) is 21.4. The first-order chi connectivity index (χ1) is 8.52. The lowest BCUT2D eigenvalue weighted by molar-refractivity contribution is -0.117. The maximum absolute atomic E-state index is 11.9. The number of esters is 1. The zero-order valence-electron chi connectivity index (χ0n) is 10.6. The van der Waals surface area contributed by atoms with Crippen molar-refractivity contribution in [1.29, 1.82) is 0 Å². The molecule has 0 radical (unpaired) electrons. The third-order valence-electron chi connectivity index (χ3n) is 3.13. The van der Waals surface area contributed by atoms with Gasteiger partial charge in [0.2, 0.25) is 5.91 Å². The predicted molar refractivity (Wildman–Crippen MR) is 71.9 cm³/mol. The molecule has 0 aliphatic carbocycles. The van der Waals surface area contributed by atoms with E-state index in [1.165, 1.54) is 11.8 Å². The molecule has 0 spiro atoms. The number of benzene rings is 1. The van der Waals surface area contributed by atoms with Crippen LogP contribution in [-0.4, -0.2) is 24.7 Å². The van der Waals surface area contributed by atoms with Gasteiger partial charge in [-0.3, -0.25) is 4.79 Å².